The Morgan fingerprint density at radius 2 is 1.87 bits per heavy atom. The number of methoxy groups -OCH3 is 1. The Kier molecular flexibility index (Phi) is 8.28. The molecule has 0 saturated heterocycles. The van der Waals surface area contributed by atoms with Crippen molar-refractivity contribution < 1.29 is 27.5 Å². The number of alkyl halides is 3. The van der Waals surface area contributed by atoms with Crippen LogP contribution < -0.4 is 10.1 Å². The molecule has 0 aliphatic carbocycles. The lowest BCUT2D eigenvalue weighted by Gasteiger charge is -2.22. The molecule has 0 bridgehead atoms. The Morgan fingerprint density at radius 3 is 2.47 bits per heavy atom. The molecule has 1 N–H and O–H groups in total. The summed E-state index contributed by atoms with van der Waals surface area (Å²) in [5.41, 5.74) is 1.91. The number of hydrogen-bond acceptors (Lipinski definition) is 3. The number of rotatable bonds is 8. The van der Waals surface area contributed by atoms with Crippen molar-refractivity contribution in [2.24, 2.45) is 0 Å². The lowest BCUT2D eigenvalue weighted by molar-refractivity contribution is -0.185. The van der Waals surface area contributed by atoms with Gasteiger partial charge in [0.15, 0.2) is 0 Å². The molecule has 0 spiro atoms. The Labute approximate surface area is 181 Å². The van der Waals surface area contributed by atoms with Gasteiger partial charge in [0.1, 0.15) is 5.75 Å². The highest BCUT2D eigenvalue weighted by atomic mass is 79.9. The van der Waals surface area contributed by atoms with Crippen molar-refractivity contribution in [3.05, 3.63) is 58.1 Å². The van der Waals surface area contributed by atoms with Gasteiger partial charge in [-0.1, -0.05) is 18.2 Å². The van der Waals surface area contributed by atoms with Gasteiger partial charge in [-0.2, -0.15) is 13.2 Å². The van der Waals surface area contributed by atoms with Crippen LogP contribution in [0.5, 0.6) is 5.75 Å². The van der Waals surface area contributed by atoms with Crippen LogP contribution in [0.1, 0.15) is 24.5 Å². The van der Waals surface area contributed by atoms with Gasteiger partial charge < -0.3 is 15.0 Å². The molecule has 2 rings (SSSR count). The predicted octanol–water partition coefficient (Wildman–Crippen LogP) is 4.94. The molecule has 2 aromatic carbocycles. The second-order valence-electron chi connectivity index (χ2n) is 6.53. The number of nitrogens with zero attached hydrogens (tertiary/aromatic N) is 1. The summed E-state index contributed by atoms with van der Waals surface area (Å²) in [6.45, 7) is 1.21. The van der Waals surface area contributed by atoms with E-state index in [1.807, 2.05) is 18.2 Å². The van der Waals surface area contributed by atoms with Crippen LogP contribution in [0.4, 0.5) is 18.9 Å². The first-order chi connectivity index (χ1) is 14.1. The molecule has 162 valence electrons. The molecule has 0 aliphatic rings. The number of aryl methyl sites for hydroxylation is 1. The van der Waals surface area contributed by atoms with Crippen molar-refractivity contribution in [2.45, 2.75) is 32.5 Å². The SMILES string of the molecule is CCN(Cc1cccc(NC(=O)CCc2ccc(OC)c(Br)c2)c1)C(=O)C(F)(F)F. The first-order valence-corrected chi connectivity index (χ1v) is 10.0. The summed E-state index contributed by atoms with van der Waals surface area (Å²) in [5, 5.41) is 2.74. The molecule has 0 atom stereocenters. The molecule has 2 amide bonds. The molecule has 5 nitrogen and oxygen atoms in total. The monoisotopic (exact) mass is 486 g/mol. The summed E-state index contributed by atoms with van der Waals surface area (Å²) < 4.78 is 44.0. The second kappa shape index (κ2) is 10.5. The van der Waals surface area contributed by atoms with Crippen molar-refractivity contribution in [3.63, 3.8) is 0 Å². The highest BCUT2D eigenvalue weighted by molar-refractivity contribution is 9.10. The molecular formula is C21H22BrF3N2O3. The average molecular weight is 487 g/mol. The summed E-state index contributed by atoms with van der Waals surface area (Å²) in [4.78, 5) is 24.4. The first kappa shape index (κ1) is 23.7. The van der Waals surface area contributed by atoms with E-state index in [1.165, 1.54) is 6.92 Å². The van der Waals surface area contributed by atoms with Crippen molar-refractivity contribution in [1.29, 1.82) is 0 Å². The molecule has 0 aliphatic heterocycles. The van der Waals surface area contributed by atoms with Crippen LogP contribution in [0.3, 0.4) is 0 Å². The van der Waals surface area contributed by atoms with E-state index in [0.29, 0.717) is 28.3 Å². The zero-order valence-corrected chi connectivity index (χ0v) is 18.1. The molecule has 0 saturated carbocycles. The van der Waals surface area contributed by atoms with Gasteiger partial charge in [0.2, 0.25) is 5.91 Å². The van der Waals surface area contributed by atoms with Crippen LogP contribution in [0, 0.1) is 0 Å². The zero-order valence-electron chi connectivity index (χ0n) is 16.6. The predicted molar refractivity (Wildman–Crippen MR) is 111 cm³/mol. The number of carbonyl (C=O) groups excluding carboxylic acids is 2. The van der Waals surface area contributed by atoms with E-state index >= 15 is 0 Å². The van der Waals surface area contributed by atoms with Crippen LogP contribution in [0.25, 0.3) is 0 Å². The maximum absolute atomic E-state index is 12.7. The molecule has 30 heavy (non-hydrogen) atoms. The fourth-order valence-electron chi connectivity index (χ4n) is 2.82. The van der Waals surface area contributed by atoms with Gasteiger partial charge in [-0.3, -0.25) is 9.59 Å². The summed E-state index contributed by atoms with van der Waals surface area (Å²) in [6.07, 6.45) is -4.17. The highest BCUT2D eigenvalue weighted by Gasteiger charge is 2.41. The minimum Gasteiger partial charge on any atom is -0.496 e. The second-order valence-corrected chi connectivity index (χ2v) is 7.39. The number of nitrogens with one attached hydrogen (secondary N) is 1. The van der Waals surface area contributed by atoms with Crippen LogP contribution >= 0.6 is 15.9 Å². The van der Waals surface area contributed by atoms with Gasteiger partial charge in [0.05, 0.1) is 11.6 Å². The molecular weight excluding hydrogens is 465 g/mol. The van der Waals surface area contributed by atoms with Gasteiger partial charge in [-0.25, -0.2) is 0 Å². The topological polar surface area (TPSA) is 58.6 Å². The minimum atomic E-state index is -4.92. The molecule has 0 radical (unpaired) electrons. The molecule has 0 unspecified atom stereocenters. The van der Waals surface area contributed by atoms with Gasteiger partial charge >= 0.3 is 12.1 Å². The normalized spacial score (nSPS) is 11.1. The number of carbonyl (C=O) groups is 2. The summed E-state index contributed by atoms with van der Waals surface area (Å²) in [5.74, 6) is -1.41. The largest absolute Gasteiger partial charge is 0.496 e. The summed E-state index contributed by atoms with van der Waals surface area (Å²) in [7, 11) is 1.57. The van der Waals surface area contributed by atoms with Crippen molar-refractivity contribution >= 4 is 33.4 Å². The van der Waals surface area contributed by atoms with Crippen LogP contribution in [-0.2, 0) is 22.6 Å². The number of amides is 2. The Balaban J connectivity index is 1.96. The number of ether oxygens (including phenoxy) is 1. The lowest BCUT2D eigenvalue weighted by Crippen LogP contribution is -2.40. The van der Waals surface area contributed by atoms with E-state index in [-0.39, 0.29) is 25.4 Å². The number of hydrogen-bond donors (Lipinski definition) is 1. The summed E-state index contributed by atoms with van der Waals surface area (Å²) >= 11 is 3.40. The van der Waals surface area contributed by atoms with Crippen molar-refractivity contribution in [2.75, 3.05) is 19.0 Å². The smallest absolute Gasteiger partial charge is 0.471 e. The fraction of sp³-hybridized carbons (Fsp3) is 0.333. The van der Waals surface area contributed by atoms with Gasteiger partial charge in [0, 0.05) is 25.2 Å². The van der Waals surface area contributed by atoms with Crippen LogP contribution in [-0.4, -0.2) is 36.5 Å². The minimum absolute atomic E-state index is 0.0770. The van der Waals surface area contributed by atoms with Crippen molar-refractivity contribution in [1.82, 2.24) is 4.90 Å². The van der Waals surface area contributed by atoms with Crippen LogP contribution in [0.15, 0.2) is 46.9 Å². The third-order valence-electron chi connectivity index (χ3n) is 4.35. The number of benzene rings is 2. The van der Waals surface area contributed by atoms with E-state index < -0.39 is 12.1 Å². The standard InChI is InChI=1S/C21H22BrF3N2O3/c1-3-27(20(29)21(23,24)25)13-15-5-4-6-16(11-15)26-19(28)10-8-14-7-9-18(30-2)17(22)12-14/h4-7,9,11-12H,3,8,10,13H2,1-2H3,(H,26,28). The average Bonchev–Trinajstić information content (AvgIpc) is 2.69. The third kappa shape index (κ3) is 6.76. The summed E-state index contributed by atoms with van der Waals surface area (Å²) in [6, 6.07) is 12.0. The molecule has 0 aromatic heterocycles. The lowest BCUT2D eigenvalue weighted by atomic mass is 10.1. The maximum atomic E-state index is 12.7. The molecule has 0 fully saturated rings. The quantitative estimate of drug-likeness (QED) is 0.574. The zero-order chi connectivity index (χ0) is 22.3. The van der Waals surface area contributed by atoms with E-state index in [2.05, 4.69) is 21.2 Å². The Morgan fingerprint density at radius 1 is 1.13 bits per heavy atom. The highest BCUT2D eigenvalue weighted by Crippen LogP contribution is 2.26. The molecule has 0 heterocycles. The molecule has 9 heteroatoms. The van der Waals surface area contributed by atoms with E-state index in [4.69, 9.17) is 4.74 Å². The van der Waals surface area contributed by atoms with Crippen LogP contribution in [0.2, 0.25) is 0 Å². The van der Waals surface area contributed by atoms with E-state index in [0.717, 1.165) is 10.0 Å². The fourth-order valence-corrected chi connectivity index (χ4v) is 3.41. The van der Waals surface area contributed by atoms with E-state index in [9.17, 15) is 22.8 Å². The van der Waals surface area contributed by atoms with E-state index in [1.54, 1.807) is 31.4 Å². The maximum Gasteiger partial charge on any atom is 0.471 e. The first-order valence-electron chi connectivity index (χ1n) is 9.21. The molecule has 2 aromatic rings. The van der Waals surface area contributed by atoms with Gasteiger partial charge in [0.25, 0.3) is 0 Å². The van der Waals surface area contributed by atoms with Crippen molar-refractivity contribution in [3.8, 4) is 5.75 Å². The number of halogens is 4. The Hall–Kier alpha value is -2.55. The number of anilines is 1. The van der Waals surface area contributed by atoms with Gasteiger partial charge in [-0.15, -0.1) is 0 Å². The third-order valence-corrected chi connectivity index (χ3v) is 4.97. The Bertz CT molecular complexity index is 903. The van der Waals surface area contributed by atoms with Gasteiger partial charge in [-0.05, 0) is 64.7 Å².